The highest BCUT2D eigenvalue weighted by molar-refractivity contribution is 6.31. The minimum Gasteiger partial charge on any atom is -0.494 e. The highest BCUT2D eigenvalue weighted by Gasteiger charge is 2.27. The second-order valence-corrected chi connectivity index (χ2v) is 10.0. The van der Waals surface area contributed by atoms with Crippen molar-refractivity contribution >= 4 is 40.7 Å². The van der Waals surface area contributed by atoms with Crippen molar-refractivity contribution in [3.05, 3.63) is 88.1 Å². The summed E-state index contributed by atoms with van der Waals surface area (Å²) in [5.41, 5.74) is 1.40. The smallest absolute Gasteiger partial charge is 0.289 e. The van der Waals surface area contributed by atoms with E-state index in [1.54, 1.807) is 46.2 Å². The summed E-state index contributed by atoms with van der Waals surface area (Å²) >= 11 is 12.0. The first-order valence-electron chi connectivity index (χ1n) is 12.3. The molecular weight excluding hydrogens is 546 g/mol. The maximum absolute atomic E-state index is 14.5. The van der Waals surface area contributed by atoms with Crippen LogP contribution in [0.4, 0.5) is 10.1 Å². The molecule has 0 unspecified atom stereocenters. The van der Waals surface area contributed by atoms with Crippen LogP contribution in [0.25, 0.3) is 11.3 Å². The molecule has 11 heteroatoms. The summed E-state index contributed by atoms with van der Waals surface area (Å²) in [5, 5.41) is 7.90. The molecule has 0 saturated carbocycles. The molecule has 3 heterocycles. The number of rotatable bonds is 7. The molecule has 2 aromatic carbocycles. The number of benzene rings is 2. The minimum absolute atomic E-state index is 0.0221. The van der Waals surface area contributed by atoms with Crippen LogP contribution in [-0.4, -0.2) is 46.7 Å². The Morgan fingerprint density at radius 1 is 1.10 bits per heavy atom. The summed E-state index contributed by atoms with van der Waals surface area (Å²) in [6.07, 6.45) is 4.40. The molecular formula is C28H25Cl2FN4O4. The third kappa shape index (κ3) is 5.94. The molecule has 202 valence electrons. The first kappa shape index (κ1) is 26.8. The van der Waals surface area contributed by atoms with E-state index >= 15 is 0 Å². The van der Waals surface area contributed by atoms with Gasteiger partial charge in [0.1, 0.15) is 5.76 Å². The average molecular weight is 571 g/mol. The van der Waals surface area contributed by atoms with Crippen LogP contribution in [0.3, 0.4) is 0 Å². The van der Waals surface area contributed by atoms with Crippen molar-refractivity contribution in [3.63, 3.8) is 0 Å². The maximum atomic E-state index is 14.5. The third-order valence-electron chi connectivity index (χ3n) is 6.66. The van der Waals surface area contributed by atoms with Crippen molar-refractivity contribution in [2.45, 2.75) is 25.3 Å². The fraction of sp³-hybridized carbons (Fsp3) is 0.250. The Balaban J connectivity index is 1.15. The summed E-state index contributed by atoms with van der Waals surface area (Å²) in [6, 6.07) is 13.7. The molecule has 0 bridgehead atoms. The van der Waals surface area contributed by atoms with Gasteiger partial charge < -0.3 is 19.4 Å². The Hall–Kier alpha value is -3.82. The predicted octanol–water partition coefficient (Wildman–Crippen LogP) is 6.26. The van der Waals surface area contributed by atoms with E-state index in [4.69, 9.17) is 32.4 Å². The minimum atomic E-state index is -0.659. The lowest BCUT2D eigenvalue weighted by Crippen LogP contribution is -2.39. The van der Waals surface area contributed by atoms with E-state index < -0.39 is 11.7 Å². The maximum Gasteiger partial charge on any atom is 0.289 e. The Morgan fingerprint density at radius 3 is 2.56 bits per heavy atom. The molecule has 2 amide bonds. The zero-order chi connectivity index (χ0) is 27.5. The molecule has 2 aromatic heterocycles. The summed E-state index contributed by atoms with van der Waals surface area (Å²) in [4.78, 5) is 27.3. The normalized spacial score (nSPS) is 13.9. The molecule has 0 aliphatic carbocycles. The van der Waals surface area contributed by atoms with Gasteiger partial charge >= 0.3 is 0 Å². The first-order chi connectivity index (χ1) is 18.8. The fourth-order valence-electron chi connectivity index (χ4n) is 4.58. The number of anilines is 1. The molecule has 0 radical (unpaired) electrons. The number of halogens is 3. The number of amides is 2. The van der Waals surface area contributed by atoms with Crippen molar-refractivity contribution in [1.82, 2.24) is 14.7 Å². The summed E-state index contributed by atoms with van der Waals surface area (Å²) in [7, 11) is 1.35. The summed E-state index contributed by atoms with van der Waals surface area (Å²) in [6.45, 7) is 1.07. The SMILES string of the molecule is COc1ccc(Cl)c(CC(=O)Nc2cnn(C3CCN(C(=O)c4ccc(-c5ccc(Cl)cc5)o4)CC3)c2)c1F. The van der Waals surface area contributed by atoms with Gasteiger partial charge in [-0.3, -0.25) is 14.3 Å². The Labute approximate surface area is 234 Å². The van der Waals surface area contributed by atoms with E-state index in [1.165, 1.54) is 19.2 Å². The number of carbonyl (C=O) groups excluding carboxylic acids is 2. The van der Waals surface area contributed by atoms with Gasteiger partial charge in [0, 0.05) is 40.5 Å². The highest BCUT2D eigenvalue weighted by atomic mass is 35.5. The van der Waals surface area contributed by atoms with E-state index in [1.807, 2.05) is 12.1 Å². The molecule has 39 heavy (non-hydrogen) atoms. The molecule has 0 atom stereocenters. The van der Waals surface area contributed by atoms with Crippen molar-refractivity contribution in [3.8, 4) is 17.1 Å². The molecule has 4 aromatic rings. The number of nitrogens with one attached hydrogen (secondary N) is 1. The van der Waals surface area contributed by atoms with Crippen molar-refractivity contribution in [2.75, 3.05) is 25.5 Å². The number of hydrogen-bond acceptors (Lipinski definition) is 5. The highest BCUT2D eigenvalue weighted by Crippen LogP contribution is 2.29. The van der Waals surface area contributed by atoms with Crippen LogP contribution in [0.2, 0.25) is 10.0 Å². The number of furan rings is 1. The van der Waals surface area contributed by atoms with Crippen LogP contribution in [-0.2, 0) is 11.2 Å². The Bertz CT molecular complexity index is 1490. The van der Waals surface area contributed by atoms with Crippen LogP contribution in [0.15, 0.2) is 65.3 Å². The van der Waals surface area contributed by atoms with Crippen LogP contribution in [0.5, 0.6) is 5.75 Å². The zero-order valence-corrected chi connectivity index (χ0v) is 22.5. The van der Waals surface area contributed by atoms with Crippen molar-refractivity contribution in [1.29, 1.82) is 0 Å². The summed E-state index contributed by atoms with van der Waals surface area (Å²) in [5.74, 6) is -0.338. The molecule has 0 spiro atoms. The van der Waals surface area contributed by atoms with E-state index in [2.05, 4.69) is 10.4 Å². The molecule has 1 aliphatic rings. The van der Waals surface area contributed by atoms with Gasteiger partial charge in [-0.25, -0.2) is 4.39 Å². The quantitative estimate of drug-likeness (QED) is 0.283. The largest absolute Gasteiger partial charge is 0.494 e. The molecule has 8 nitrogen and oxygen atoms in total. The monoisotopic (exact) mass is 570 g/mol. The Morgan fingerprint density at radius 2 is 1.85 bits per heavy atom. The zero-order valence-electron chi connectivity index (χ0n) is 21.0. The Kier molecular flexibility index (Phi) is 7.90. The summed E-state index contributed by atoms with van der Waals surface area (Å²) < 4.78 is 27.1. The number of nitrogens with zero attached hydrogens (tertiary/aromatic N) is 3. The van der Waals surface area contributed by atoms with Gasteiger partial charge in [0.2, 0.25) is 5.91 Å². The third-order valence-corrected chi connectivity index (χ3v) is 7.27. The average Bonchev–Trinajstić information content (AvgIpc) is 3.62. The molecule has 1 saturated heterocycles. The standard InChI is InChI=1S/C28H25Cl2FN4O4/c1-38-24-7-6-22(30)21(27(24)31)14-26(36)33-19-15-32-35(16-19)20-10-12-34(13-11-20)28(37)25-9-8-23(39-25)17-2-4-18(29)5-3-17/h2-9,15-16,20H,10-14H2,1H3,(H,33,36). The molecule has 5 rings (SSSR count). The number of ether oxygens (including phenoxy) is 1. The second kappa shape index (κ2) is 11.5. The lowest BCUT2D eigenvalue weighted by Gasteiger charge is -2.31. The van der Waals surface area contributed by atoms with Gasteiger partial charge in [-0.15, -0.1) is 0 Å². The van der Waals surface area contributed by atoms with Gasteiger partial charge in [0.05, 0.1) is 31.5 Å². The number of hydrogen-bond donors (Lipinski definition) is 1. The van der Waals surface area contributed by atoms with Crippen LogP contribution < -0.4 is 10.1 Å². The number of carbonyl (C=O) groups is 2. The van der Waals surface area contributed by atoms with Gasteiger partial charge in [0.25, 0.3) is 5.91 Å². The number of methoxy groups -OCH3 is 1. The van der Waals surface area contributed by atoms with Gasteiger partial charge in [0.15, 0.2) is 17.3 Å². The second-order valence-electron chi connectivity index (χ2n) is 9.17. The van der Waals surface area contributed by atoms with Gasteiger partial charge in [-0.05, 0) is 61.4 Å². The van der Waals surface area contributed by atoms with Gasteiger partial charge in [-0.2, -0.15) is 5.10 Å². The lowest BCUT2D eigenvalue weighted by molar-refractivity contribution is -0.115. The van der Waals surface area contributed by atoms with Crippen molar-refractivity contribution in [2.24, 2.45) is 0 Å². The molecule has 1 fully saturated rings. The van der Waals surface area contributed by atoms with Crippen LogP contribution in [0.1, 0.15) is 35.0 Å². The molecule has 1 N–H and O–H groups in total. The van der Waals surface area contributed by atoms with E-state index in [-0.39, 0.29) is 40.5 Å². The van der Waals surface area contributed by atoms with Crippen molar-refractivity contribution < 1.29 is 23.1 Å². The first-order valence-corrected chi connectivity index (χ1v) is 13.1. The van der Waals surface area contributed by atoms with E-state index in [0.717, 1.165) is 5.56 Å². The van der Waals surface area contributed by atoms with Crippen LogP contribution in [0, 0.1) is 5.82 Å². The number of aromatic nitrogens is 2. The van der Waals surface area contributed by atoms with E-state index in [0.29, 0.717) is 42.4 Å². The number of likely N-dealkylation sites (tertiary alicyclic amines) is 1. The molecule has 1 aliphatic heterocycles. The van der Waals surface area contributed by atoms with Crippen LogP contribution >= 0.6 is 23.2 Å². The lowest BCUT2D eigenvalue weighted by atomic mass is 10.1. The predicted molar refractivity (Wildman–Crippen MR) is 146 cm³/mol. The number of piperidine rings is 1. The van der Waals surface area contributed by atoms with Gasteiger partial charge in [-0.1, -0.05) is 23.2 Å². The topological polar surface area (TPSA) is 89.6 Å². The fourth-order valence-corrected chi connectivity index (χ4v) is 4.91. The van der Waals surface area contributed by atoms with E-state index in [9.17, 15) is 14.0 Å².